The van der Waals surface area contributed by atoms with Crippen molar-refractivity contribution in [2.24, 2.45) is 0 Å². The molecule has 0 radical (unpaired) electrons. The van der Waals surface area contributed by atoms with Gasteiger partial charge in [-0.1, -0.05) is 19.9 Å². The molecule has 1 N–H and O–H groups in total. The molecule has 0 aliphatic carbocycles. The number of nitrogens with zero attached hydrogens (tertiary/aromatic N) is 3. The van der Waals surface area contributed by atoms with Crippen molar-refractivity contribution in [3.63, 3.8) is 0 Å². The largest absolute Gasteiger partial charge is 0.423 e. The molecule has 2 aromatic rings. The van der Waals surface area contributed by atoms with E-state index in [1.54, 1.807) is 6.20 Å². The number of hydrogen-bond donors (Lipinski definition) is 1. The van der Waals surface area contributed by atoms with E-state index in [-0.39, 0.29) is 24.3 Å². The van der Waals surface area contributed by atoms with E-state index >= 15 is 0 Å². The van der Waals surface area contributed by atoms with Gasteiger partial charge in [0, 0.05) is 17.8 Å². The van der Waals surface area contributed by atoms with Crippen molar-refractivity contribution in [2.75, 3.05) is 0 Å². The zero-order valence-corrected chi connectivity index (χ0v) is 11.8. The SMILES string of the molecule is CC(C)c1nnc([C@@H](C)NC(=O)Cc2ccccn2)o1. The van der Waals surface area contributed by atoms with Crippen LogP contribution in [-0.4, -0.2) is 21.1 Å². The van der Waals surface area contributed by atoms with E-state index in [0.29, 0.717) is 11.8 Å². The van der Waals surface area contributed by atoms with E-state index in [1.807, 2.05) is 39.0 Å². The first-order valence-corrected chi connectivity index (χ1v) is 6.59. The maximum atomic E-state index is 11.9. The van der Waals surface area contributed by atoms with Gasteiger partial charge in [-0.3, -0.25) is 9.78 Å². The lowest BCUT2D eigenvalue weighted by atomic mass is 10.2. The second-order valence-corrected chi connectivity index (χ2v) is 4.92. The van der Waals surface area contributed by atoms with Crippen molar-refractivity contribution in [1.82, 2.24) is 20.5 Å². The summed E-state index contributed by atoms with van der Waals surface area (Å²) in [4.78, 5) is 16.0. The molecule has 0 bridgehead atoms. The van der Waals surface area contributed by atoms with E-state index in [2.05, 4.69) is 20.5 Å². The molecule has 0 aliphatic rings. The zero-order valence-electron chi connectivity index (χ0n) is 11.8. The third-order valence-electron chi connectivity index (χ3n) is 2.77. The summed E-state index contributed by atoms with van der Waals surface area (Å²) in [5.41, 5.74) is 0.727. The molecule has 1 amide bonds. The van der Waals surface area contributed by atoms with Gasteiger partial charge >= 0.3 is 0 Å². The number of aromatic nitrogens is 3. The Bertz CT molecular complexity index is 566. The fourth-order valence-electron chi connectivity index (χ4n) is 1.68. The van der Waals surface area contributed by atoms with Crippen LogP contribution in [-0.2, 0) is 11.2 Å². The molecule has 2 heterocycles. The fraction of sp³-hybridized carbons (Fsp3) is 0.429. The number of carbonyl (C=O) groups is 1. The maximum Gasteiger partial charge on any atom is 0.238 e. The molecule has 20 heavy (non-hydrogen) atoms. The molecule has 106 valence electrons. The van der Waals surface area contributed by atoms with Gasteiger partial charge in [-0.15, -0.1) is 10.2 Å². The highest BCUT2D eigenvalue weighted by atomic mass is 16.4. The standard InChI is InChI=1S/C14H18N4O2/c1-9(2)13-17-18-14(20-13)10(3)16-12(19)8-11-6-4-5-7-15-11/h4-7,9-10H,8H2,1-3H3,(H,16,19)/t10-/m1/s1. The van der Waals surface area contributed by atoms with Crippen molar-refractivity contribution in [2.45, 2.75) is 39.2 Å². The monoisotopic (exact) mass is 274 g/mol. The molecule has 0 spiro atoms. The Labute approximate surface area is 117 Å². The molecule has 6 nitrogen and oxygen atoms in total. The number of nitrogens with one attached hydrogen (secondary N) is 1. The number of pyridine rings is 1. The smallest absolute Gasteiger partial charge is 0.238 e. The number of amides is 1. The molecular formula is C14H18N4O2. The predicted octanol–water partition coefficient (Wildman–Crippen LogP) is 2.01. The van der Waals surface area contributed by atoms with E-state index in [4.69, 9.17) is 4.42 Å². The van der Waals surface area contributed by atoms with Crippen molar-refractivity contribution < 1.29 is 9.21 Å². The normalized spacial score (nSPS) is 12.4. The van der Waals surface area contributed by atoms with Crippen LogP contribution in [0.2, 0.25) is 0 Å². The quantitative estimate of drug-likeness (QED) is 0.902. The Balaban J connectivity index is 1.93. The molecule has 0 fully saturated rings. The third-order valence-corrected chi connectivity index (χ3v) is 2.77. The summed E-state index contributed by atoms with van der Waals surface area (Å²) in [7, 11) is 0. The average Bonchev–Trinajstić information content (AvgIpc) is 2.89. The summed E-state index contributed by atoms with van der Waals surface area (Å²) in [5, 5.41) is 10.7. The summed E-state index contributed by atoms with van der Waals surface area (Å²) < 4.78 is 5.51. The van der Waals surface area contributed by atoms with Crippen LogP contribution >= 0.6 is 0 Å². The Kier molecular flexibility index (Phi) is 4.45. The Hall–Kier alpha value is -2.24. The minimum absolute atomic E-state index is 0.125. The van der Waals surface area contributed by atoms with E-state index in [0.717, 1.165) is 5.69 Å². The molecule has 0 saturated heterocycles. The van der Waals surface area contributed by atoms with Crippen LogP contribution in [0.4, 0.5) is 0 Å². The van der Waals surface area contributed by atoms with Crippen LogP contribution in [0.25, 0.3) is 0 Å². The van der Waals surface area contributed by atoms with Crippen LogP contribution in [0.5, 0.6) is 0 Å². The van der Waals surface area contributed by atoms with Crippen molar-refractivity contribution in [1.29, 1.82) is 0 Å². The van der Waals surface area contributed by atoms with Gasteiger partial charge in [0.1, 0.15) is 6.04 Å². The van der Waals surface area contributed by atoms with Crippen LogP contribution in [0.1, 0.15) is 50.2 Å². The second kappa shape index (κ2) is 6.27. The Morgan fingerprint density at radius 1 is 1.25 bits per heavy atom. The molecule has 0 saturated carbocycles. The van der Waals surface area contributed by atoms with E-state index in [9.17, 15) is 4.79 Å². The first kappa shape index (κ1) is 14.2. The number of rotatable bonds is 5. The fourth-order valence-corrected chi connectivity index (χ4v) is 1.68. The van der Waals surface area contributed by atoms with Crippen molar-refractivity contribution in [3.05, 3.63) is 41.9 Å². The highest BCUT2D eigenvalue weighted by molar-refractivity contribution is 5.78. The van der Waals surface area contributed by atoms with Gasteiger partial charge < -0.3 is 9.73 Å². The minimum Gasteiger partial charge on any atom is -0.423 e. The summed E-state index contributed by atoms with van der Waals surface area (Å²) in [6.45, 7) is 5.76. The summed E-state index contributed by atoms with van der Waals surface area (Å²) in [5.74, 6) is 1.04. The van der Waals surface area contributed by atoms with Gasteiger partial charge in [0.05, 0.1) is 6.42 Å². The zero-order chi connectivity index (χ0) is 14.5. The van der Waals surface area contributed by atoms with Gasteiger partial charge in [0.2, 0.25) is 17.7 Å². The third kappa shape index (κ3) is 3.63. The van der Waals surface area contributed by atoms with Crippen LogP contribution in [0, 0.1) is 0 Å². The van der Waals surface area contributed by atoms with Gasteiger partial charge in [0.15, 0.2) is 0 Å². The van der Waals surface area contributed by atoms with Gasteiger partial charge in [0.25, 0.3) is 0 Å². The summed E-state index contributed by atoms with van der Waals surface area (Å²) >= 11 is 0. The first-order valence-electron chi connectivity index (χ1n) is 6.59. The molecule has 0 aromatic carbocycles. The number of hydrogen-bond acceptors (Lipinski definition) is 5. The van der Waals surface area contributed by atoms with Crippen molar-refractivity contribution in [3.8, 4) is 0 Å². The Morgan fingerprint density at radius 2 is 2.00 bits per heavy atom. The molecule has 2 rings (SSSR count). The predicted molar refractivity (Wildman–Crippen MR) is 72.9 cm³/mol. The number of carbonyl (C=O) groups excluding carboxylic acids is 1. The molecule has 0 aliphatic heterocycles. The maximum absolute atomic E-state index is 11.9. The van der Waals surface area contributed by atoms with Gasteiger partial charge in [-0.2, -0.15) is 0 Å². The van der Waals surface area contributed by atoms with Crippen LogP contribution in [0.3, 0.4) is 0 Å². The van der Waals surface area contributed by atoms with Crippen LogP contribution < -0.4 is 5.32 Å². The molecular weight excluding hydrogens is 256 g/mol. The first-order chi connectivity index (χ1) is 9.56. The molecule has 1 atom stereocenters. The lowest BCUT2D eigenvalue weighted by Crippen LogP contribution is -2.28. The highest BCUT2D eigenvalue weighted by Gasteiger charge is 2.17. The minimum atomic E-state index is -0.314. The lowest BCUT2D eigenvalue weighted by Gasteiger charge is -2.09. The summed E-state index contributed by atoms with van der Waals surface area (Å²) in [6.07, 6.45) is 1.90. The molecule has 0 unspecified atom stereocenters. The van der Waals surface area contributed by atoms with E-state index in [1.165, 1.54) is 0 Å². The van der Waals surface area contributed by atoms with Crippen LogP contribution in [0.15, 0.2) is 28.8 Å². The molecule has 2 aromatic heterocycles. The van der Waals surface area contributed by atoms with Gasteiger partial charge in [-0.25, -0.2) is 0 Å². The second-order valence-electron chi connectivity index (χ2n) is 4.92. The van der Waals surface area contributed by atoms with Crippen molar-refractivity contribution >= 4 is 5.91 Å². The Morgan fingerprint density at radius 3 is 2.60 bits per heavy atom. The van der Waals surface area contributed by atoms with Gasteiger partial charge in [-0.05, 0) is 19.1 Å². The highest BCUT2D eigenvalue weighted by Crippen LogP contribution is 2.16. The lowest BCUT2D eigenvalue weighted by molar-refractivity contribution is -0.121. The summed E-state index contributed by atoms with van der Waals surface area (Å²) in [6, 6.07) is 5.17. The topological polar surface area (TPSA) is 80.9 Å². The molecule has 6 heteroatoms. The van der Waals surface area contributed by atoms with E-state index < -0.39 is 0 Å². The average molecular weight is 274 g/mol.